The van der Waals surface area contributed by atoms with Crippen molar-refractivity contribution in [3.8, 4) is 5.75 Å². The van der Waals surface area contributed by atoms with E-state index in [1.165, 1.54) is 23.5 Å². The zero-order chi connectivity index (χ0) is 21.7. The minimum absolute atomic E-state index is 0. The van der Waals surface area contributed by atoms with Crippen LogP contribution in [-0.2, 0) is 0 Å². The molecule has 1 heterocycles. The summed E-state index contributed by atoms with van der Waals surface area (Å²) in [5.74, 6) is -0.0924. The molecule has 0 unspecified atom stereocenters. The predicted octanol–water partition coefficient (Wildman–Crippen LogP) is 5.90. The van der Waals surface area contributed by atoms with Crippen molar-refractivity contribution in [2.24, 2.45) is 0 Å². The molecule has 0 aliphatic rings. The van der Waals surface area contributed by atoms with Gasteiger partial charge in [-0.2, -0.15) is 0 Å². The van der Waals surface area contributed by atoms with Gasteiger partial charge >= 0.3 is 0 Å². The molecule has 1 amide bonds. The molecule has 0 aliphatic carbocycles. The number of rotatable bonds is 9. The van der Waals surface area contributed by atoms with Crippen LogP contribution in [0.25, 0.3) is 10.2 Å². The van der Waals surface area contributed by atoms with Crippen molar-refractivity contribution in [1.82, 2.24) is 9.88 Å². The highest BCUT2D eigenvalue weighted by Crippen LogP contribution is 2.35. The number of fused-ring (bicyclic) bond motifs is 1. The Morgan fingerprint density at radius 1 is 1.16 bits per heavy atom. The van der Waals surface area contributed by atoms with Gasteiger partial charge in [-0.15, -0.1) is 12.4 Å². The number of benzene rings is 2. The zero-order valence-corrected chi connectivity index (χ0v) is 20.1. The first-order chi connectivity index (χ1) is 14.5. The topological polar surface area (TPSA) is 45.7 Å². The summed E-state index contributed by atoms with van der Waals surface area (Å²) in [6.45, 7) is 9.50. The highest BCUT2D eigenvalue weighted by Gasteiger charge is 2.24. The van der Waals surface area contributed by atoms with Gasteiger partial charge in [0.25, 0.3) is 5.91 Å². The first-order valence-corrected chi connectivity index (χ1v) is 11.2. The third kappa shape index (κ3) is 5.86. The van der Waals surface area contributed by atoms with E-state index in [-0.39, 0.29) is 28.9 Å². The van der Waals surface area contributed by atoms with Crippen LogP contribution >= 0.6 is 35.3 Å². The van der Waals surface area contributed by atoms with Crippen LogP contribution in [0.15, 0.2) is 36.4 Å². The fourth-order valence-electron chi connectivity index (χ4n) is 3.17. The molecule has 0 saturated carbocycles. The summed E-state index contributed by atoms with van der Waals surface area (Å²) >= 11 is 7.61. The van der Waals surface area contributed by atoms with Gasteiger partial charge in [0, 0.05) is 13.1 Å². The van der Waals surface area contributed by atoms with Crippen LogP contribution in [0.1, 0.15) is 31.1 Å². The van der Waals surface area contributed by atoms with Crippen LogP contribution in [0.5, 0.6) is 5.75 Å². The number of halogens is 3. The molecule has 0 spiro atoms. The van der Waals surface area contributed by atoms with Crippen molar-refractivity contribution in [2.45, 2.75) is 20.8 Å². The summed E-state index contributed by atoms with van der Waals surface area (Å²) in [7, 11) is 0. The second-order valence-electron chi connectivity index (χ2n) is 6.64. The lowest BCUT2D eigenvalue weighted by molar-refractivity contribution is 0.0984. The number of hydrogen-bond donors (Lipinski definition) is 0. The standard InChI is InChI=1S/C22H25ClFN3O2S.ClH/c1-4-26(5-2)12-13-27(21(28)16-11-10-15(24)14-17(16)23)22-25-20-18(29-6-3)8-7-9-19(20)30-22;/h7-11,14H,4-6,12-13H2,1-3H3;1H. The largest absolute Gasteiger partial charge is 0.492 e. The molecule has 31 heavy (non-hydrogen) atoms. The van der Waals surface area contributed by atoms with Crippen molar-refractivity contribution in [2.75, 3.05) is 37.7 Å². The number of likely N-dealkylation sites (N-methyl/N-ethyl adjacent to an activating group) is 1. The number of amides is 1. The summed E-state index contributed by atoms with van der Waals surface area (Å²) < 4.78 is 20.1. The van der Waals surface area contributed by atoms with Gasteiger partial charge in [-0.25, -0.2) is 9.37 Å². The Morgan fingerprint density at radius 3 is 2.55 bits per heavy atom. The minimum Gasteiger partial charge on any atom is -0.492 e. The van der Waals surface area contributed by atoms with E-state index in [1.807, 2.05) is 25.1 Å². The Labute approximate surface area is 197 Å². The molecule has 3 aromatic rings. The summed E-state index contributed by atoms with van der Waals surface area (Å²) in [4.78, 5) is 22.0. The van der Waals surface area contributed by atoms with E-state index in [4.69, 9.17) is 21.3 Å². The maximum Gasteiger partial charge on any atom is 0.261 e. The van der Waals surface area contributed by atoms with Gasteiger partial charge in [0.05, 0.1) is 21.9 Å². The maximum absolute atomic E-state index is 13.5. The monoisotopic (exact) mass is 485 g/mol. The van der Waals surface area contributed by atoms with E-state index in [9.17, 15) is 9.18 Å². The molecule has 0 fully saturated rings. The summed E-state index contributed by atoms with van der Waals surface area (Å²) in [5, 5.41) is 0.652. The maximum atomic E-state index is 13.5. The van der Waals surface area contributed by atoms with Crippen LogP contribution in [0.4, 0.5) is 9.52 Å². The van der Waals surface area contributed by atoms with Gasteiger partial charge < -0.3 is 9.64 Å². The van der Waals surface area contributed by atoms with Crippen molar-refractivity contribution < 1.29 is 13.9 Å². The zero-order valence-electron chi connectivity index (χ0n) is 17.7. The fourth-order valence-corrected chi connectivity index (χ4v) is 4.43. The van der Waals surface area contributed by atoms with Gasteiger partial charge in [0.2, 0.25) is 0 Å². The second-order valence-corrected chi connectivity index (χ2v) is 8.06. The lowest BCUT2D eigenvalue weighted by Crippen LogP contribution is -2.39. The quantitative estimate of drug-likeness (QED) is 0.378. The molecular weight excluding hydrogens is 460 g/mol. The summed E-state index contributed by atoms with van der Waals surface area (Å²) in [5.41, 5.74) is 0.979. The number of ether oxygens (including phenoxy) is 1. The smallest absolute Gasteiger partial charge is 0.261 e. The fraction of sp³-hybridized carbons (Fsp3) is 0.364. The van der Waals surface area contributed by atoms with Crippen LogP contribution in [0.3, 0.4) is 0 Å². The number of para-hydroxylation sites is 1. The molecule has 2 aromatic carbocycles. The Bertz CT molecular complexity index is 1030. The average Bonchev–Trinajstić information content (AvgIpc) is 3.16. The Morgan fingerprint density at radius 2 is 1.90 bits per heavy atom. The molecule has 0 saturated heterocycles. The normalized spacial score (nSPS) is 10.9. The SMILES string of the molecule is CCOc1cccc2sc(N(CCN(CC)CC)C(=O)c3ccc(F)cc3Cl)nc12.Cl. The second kappa shape index (κ2) is 11.6. The van der Waals surface area contributed by atoms with Crippen molar-refractivity contribution in [3.05, 3.63) is 52.8 Å². The first-order valence-electron chi connectivity index (χ1n) is 10.00. The molecule has 9 heteroatoms. The number of anilines is 1. The van der Waals surface area contributed by atoms with Gasteiger partial charge in [-0.05, 0) is 50.3 Å². The van der Waals surface area contributed by atoms with E-state index in [2.05, 4.69) is 18.7 Å². The van der Waals surface area contributed by atoms with E-state index in [0.29, 0.717) is 30.6 Å². The van der Waals surface area contributed by atoms with Gasteiger partial charge in [0.15, 0.2) is 5.13 Å². The van der Waals surface area contributed by atoms with Crippen LogP contribution in [0.2, 0.25) is 5.02 Å². The Balaban J connectivity index is 0.00000341. The molecule has 3 rings (SSSR count). The lowest BCUT2D eigenvalue weighted by atomic mass is 10.2. The summed E-state index contributed by atoms with van der Waals surface area (Å²) in [6.07, 6.45) is 0. The Hall–Kier alpha value is -1.93. The van der Waals surface area contributed by atoms with Crippen LogP contribution in [0, 0.1) is 5.82 Å². The number of hydrogen-bond acceptors (Lipinski definition) is 5. The number of thiazole rings is 1. The van der Waals surface area contributed by atoms with E-state index in [0.717, 1.165) is 29.4 Å². The third-order valence-corrected chi connectivity index (χ3v) is 6.20. The van der Waals surface area contributed by atoms with Gasteiger partial charge in [-0.1, -0.05) is 42.9 Å². The van der Waals surface area contributed by atoms with E-state index >= 15 is 0 Å². The number of nitrogens with zero attached hydrogens (tertiary/aromatic N) is 3. The molecule has 5 nitrogen and oxygen atoms in total. The Kier molecular flexibility index (Phi) is 9.50. The van der Waals surface area contributed by atoms with E-state index in [1.54, 1.807) is 4.90 Å². The van der Waals surface area contributed by atoms with Crippen LogP contribution in [-0.4, -0.2) is 48.6 Å². The van der Waals surface area contributed by atoms with Gasteiger partial charge in [0.1, 0.15) is 17.1 Å². The van der Waals surface area contributed by atoms with Crippen molar-refractivity contribution in [1.29, 1.82) is 0 Å². The molecule has 1 aromatic heterocycles. The lowest BCUT2D eigenvalue weighted by Gasteiger charge is -2.25. The number of carbonyl (C=O) groups excluding carboxylic acids is 1. The first kappa shape index (κ1) is 25.3. The molecule has 0 radical (unpaired) electrons. The molecule has 0 atom stereocenters. The number of aromatic nitrogens is 1. The summed E-state index contributed by atoms with van der Waals surface area (Å²) in [6, 6.07) is 9.55. The minimum atomic E-state index is -0.479. The average molecular weight is 486 g/mol. The van der Waals surface area contributed by atoms with Gasteiger partial charge in [-0.3, -0.25) is 9.69 Å². The third-order valence-electron chi connectivity index (χ3n) is 4.84. The molecular formula is C22H26Cl2FN3O2S. The molecule has 0 N–H and O–H groups in total. The highest BCUT2D eigenvalue weighted by atomic mass is 35.5. The number of carbonyl (C=O) groups is 1. The van der Waals surface area contributed by atoms with Crippen molar-refractivity contribution >= 4 is 56.6 Å². The molecule has 168 valence electrons. The predicted molar refractivity (Wildman–Crippen MR) is 129 cm³/mol. The van der Waals surface area contributed by atoms with E-state index < -0.39 is 5.82 Å². The molecule has 0 aliphatic heterocycles. The molecule has 0 bridgehead atoms. The van der Waals surface area contributed by atoms with Crippen molar-refractivity contribution in [3.63, 3.8) is 0 Å². The van der Waals surface area contributed by atoms with Crippen LogP contribution < -0.4 is 9.64 Å². The highest BCUT2D eigenvalue weighted by molar-refractivity contribution is 7.22.